The molecule has 0 saturated carbocycles. The van der Waals surface area contributed by atoms with Gasteiger partial charge in [0, 0.05) is 19.0 Å². The normalized spacial score (nSPS) is 11.1. The Balaban J connectivity index is 1.34. The van der Waals surface area contributed by atoms with Crippen molar-refractivity contribution in [1.82, 2.24) is 25.3 Å². The van der Waals surface area contributed by atoms with Crippen molar-refractivity contribution < 1.29 is 4.79 Å². The lowest BCUT2D eigenvalue weighted by Gasteiger charge is -2.09. The maximum Gasteiger partial charge on any atom is 0.269 e. The Bertz CT molecular complexity index is 1150. The first-order chi connectivity index (χ1) is 14.0. The number of carbonyl (C=O) groups is 1. The van der Waals surface area contributed by atoms with E-state index in [0.717, 1.165) is 29.4 Å². The maximum atomic E-state index is 12.2. The molecule has 29 heavy (non-hydrogen) atoms. The number of amides is 1. The summed E-state index contributed by atoms with van der Waals surface area (Å²) in [5.74, 6) is -0.0754. The fourth-order valence-corrected chi connectivity index (χ4v) is 3.73. The van der Waals surface area contributed by atoms with E-state index in [2.05, 4.69) is 63.9 Å². The van der Waals surface area contributed by atoms with Gasteiger partial charge >= 0.3 is 0 Å². The molecule has 148 valence electrons. The van der Waals surface area contributed by atoms with Gasteiger partial charge in [0.15, 0.2) is 0 Å². The molecule has 2 aromatic heterocycles. The van der Waals surface area contributed by atoms with Gasteiger partial charge in [-0.25, -0.2) is 0 Å². The number of aryl methyl sites for hydroxylation is 4. The molecule has 0 aliphatic rings. The summed E-state index contributed by atoms with van der Waals surface area (Å²) in [7, 11) is 1.79. The quantitative estimate of drug-likeness (QED) is 0.492. The number of hydrogen-bond donors (Lipinski definition) is 2. The van der Waals surface area contributed by atoms with Crippen LogP contribution in [0.2, 0.25) is 0 Å². The second-order valence-corrected chi connectivity index (χ2v) is 7.42. The van der Waals surface area contributed by atoms with Crippen LogP contribution in [0.1, 0.15) is 33.7 Å². The van der Waals surface area contributed by atoms with Crippen molar-refractivity contribution in [2.24, 2.45) is 7.05 Å². The van der Waals surface area contributed by atoms with Crippen LogP contribution in [0.25, 0.3) is 22.0 Å². The molecule has 6 heteroatoms. The number of aromatic amines is 1. The molecule has 0 bridgehead atoms. The molecule has 0 unspecified atom stereocenters. The fourth-order valence-electron chi connectivity index (χ4n) is 3.73. The number of nitrogens with zero attached hydrogens (tertiary/aromatic N) is 3. The summed E-state index contributed by atoms with van der Waals surface area (Å²) in [6.45, 7) is 4.66. The number of fused-ring (bicyclic) bond motifs is 1. The van der Waals surface area contributed by atoms with Crippen LogP contribution in [0.5, 0.6) is 0 Å². The third-order valence-electron chi connectivity index (χ3n) is 5.32. The van der Waals surface area contributed by atoms with Crippen molar-refractivity contribution in [3.63, 3.8) is 0 Å². The average molecular weight is 387 g/mol. The summed E-state index contributed by atoms with van der Waals surface area (Å²) in [5, 5.41) is 15.5. The SMILES string of the molecule is Cc1cc(C(=O)NCCCc2ccc(-c3ccc4[nH]ncc4c3C)cc2)n(C)n1. The van der Waals surface area contributed by atoms with Crippen LogP contribution in [0, 0.1) is 13.8 Å². The van der Waals surface area contributed by atoms with Gasteiger partial charge < -0.3 is 5.32 Å². The first kappa shape index (κ1) is 18.9. The highest BCUT2D eigenvalue weighted by Gasteiger charge is 2.11. The van der Waals surface area contributed by atoms with E-state index in [4.69, 9.17) is 0 Å². The van der Waals surface area contributed by atoms with Crippen molar-refractivity contribution >= 4 is 16.8 Å². The van der Waals surface area contributed by atoms with Crippen molar-refractivity contribution in [2.75, 3.05) is 6.54 Å². The van der Waals surface area contributed by atoms with Gasteiger partial charge in [-0.05, 0) is 61.1 Å². The van der Waals surface area contributed by atoms with Gasteiger partial charge in [0.1, 0.15) is 5.69 Å². The molecule has 2 heterocycles. The average Bonchev–Trinajstić information content (AvgIpc) is 3.32. The van der Waals surface area contributed by atoms with Crippen LogP contribution >= 0.6 is 0 Å². The zero-order chi connectivity index (χ0) is 20.4. The van der Waals surface area contributed by atoms with E-state index in [1.807, 2.05) is 13.1 Å². The van der Waals surface area contributed by atoms with Crippen molar-refractivity contribution in [1.29, 1.82) is 0 Å². The lowest BCUT2D eigenvalue weighted by molar-refractivity contribution is 0.0944. The number of nitrogens with one attached hydrogen (secondary N) is 2. The van der Waals surface area contributed by atoms with Gasteiger partial charge in [0.2, 0.25) is 0 Å². The molecule has 0 aliphatic carbocycles. The second-order valence-electron chi connectivity index (χ2n) is 7.42. The third-order valence-corrected chi connectivity index (χ3v) is 5.32. The minimum atomic E-state index is -0.0754. The number of H-pyrrole nitrogens is 1. The van der Waals surface area contributed by atoms with Crippen molar-refractivity contribution in [2.45, 2.75) is 26.7 Å². The van der Waals surface area contributed by atoms with Crippen LogP contribution in [0.4, 0.5) is 0 Å². The van der Waals surface area contributed by atoms with E-state index < -0.39 is 0 Å². The van der Waals surface area contributed by atoms with E-state index in [1.54, 1.807) is 17.8 Å². The Labute approximate surface area is 169 Å². The Kier molecular flexibility index (Phi) is 5.16. The molecule has 0 spiro atoms. The first-order valence-electron chi connectivity index (χ1n) is 9.84. The lowest BCUT2D eigenvalue weighted by atomic mass is 9.96. The summed E-state index contributed by atoms with van der Waals surface area (Å²) >= 11 is 0. The van der Waals surface area contributed by atoms with Gasteiger partial charge in [-0.3, -0.25) is 14.6 Å². The van der Waals surface area contributed by atoms with E-state index in [-0.39, 0.29) is 5.91 Å². The molecule has 4 aromatic rings. The zero-order valence-corrected chi connectivity index (χ0v) is 17.0. The number of rotatable bonds is 6. The lowest BCUT2D eigenvalue weighted by Crippen LogP contribution is -2.26. The Morgan fingerprint density at radius 1 is 1.14 bits per heavy atom. The third kappa shape index (κ3) is 3.92. The molecular formula is C23H25N5O. The predicted octanol–water partition coefficient (Wildman–Crippen LogP) is 3.94. The van der Waals surface area contributed by atoms with Gasteiger partial charge in [0.05, 0.1) is 17.4 Å². The molecule has 2 N–H and O–H groups in total. The highest BCUT2D eigenvalue weighted by Crippen LogP contribution is 2.29. The maximum absolute atomic E-state index is 12.2. The molecule has 0 aliphatic heterocycles. The van der Waals surface area contributed by atoms with Crippen molar-refractivity contribution in [3.05, 3.63) is 71.2 Å². The molecule has 6 nitrogen and oxygen atoms in total. The minimum absolute atomic E-state index is 0.0754. The molecule has 4 rings (SSSR count). The zero-order valence-electron chi connectivity index (χ0n) is 17.0. The van der Waals surface area contributed by atoms with E-state index >= 15 is 0 Å². The number of aromatic nitrogens is 4. The number of carbonyl (C=O) groups excluding carboxylic acids is 1. The Morgan fingerprint density at radius 2 is 1.93 bits per heavy atom. The molecular weight excluding hydrogens is 362 g/mol. The Morgan fingerprint density at radius 3 is 2.66 bits per heavy atom. The fraction of sp³-hybridized carbons (Fsp3) is 0.261. The van der Waals surface area contributed by atoms with Gasteiger partial charge in [-0.1, -0.05) is 30.3 Å². The molecule has 0 saturated heterocycles. The highest BCUT2D eigenvalue weighted by atomic mass is 16.2. The van der Waals surface area contributed by atoms with Crippen LogP contribution < -0.4 is 5.32 Å². The first-order valence-corrected chi connectivity index (χ1v) is 9.84. The molecule has 0 radical (unpaired) electrons. The predicted molar refractivity (Wildman–Crippen MR) is 115 cm³/mol. The summed E-state index contributed by atoms with van der Waals surface area (Å²) in [5.41, 5.74) is 7.43. The van der Waals surface area contributed by atoms with E-state index in [0.29, 0.717) is 12.2 Å². The highest BCUT2D eigenvalue weighted by molar-refractivity contribution is 5.92. The largest absolute Gasteiger partial charge is 0.351 e. The van der Waals surface area contributed by atoms with Crippen LogP contribution in [-0.4, -0.2) is 32.4 Å². The minimum Gasteiger partial charge on any atom is -0.351 e. The van der Waals surface area contributed by atoms with Crippen molar-refractivity contribution in [3.8, 4) is 11.1 Å². The van der Waals surface area contributed by atoms with Crippen LogP contribution in [0.15, 0.2) is 48.7 Å². The summed E-state index contributed by atoms with van der Waals surface area (Å²) in [6.07, 6.45) is 3.69. The second kappa shape index (κ2) is 7.91. The van der Waals surface area contributed by atoms with Gasteiger partial charge in [-0.2, -0.15) is 10.2 Å². The smallest absolute Gasteiger partial charge is 0.269 e. The summed E-state index contributed by atoms with van der Waals surface area (Å²) < 4.78 is 1.62. The molecule has 0 atom stereocenters. The van der Waals surface area contributed by atoms with E-state index in [9.17, 15) is 4.79 Å². The number of benzene rings is 2. The Hall–Kier alpha value is -3.41. The van der Waals surface area contributed by atoms with E-state index in [1.165, 1.54) is 22.3 Å². The van der Waals surface area contributed by atoms with Crippen LogP contribution in [0.3, 0.4) is 0 Å². The monoisotopic (exact) mass is 387 g/mol. The number of hydrogen-bond acceptors (Lipinski definition) is 3. The topological polar surface area (TPSA) is 75.6 Å². The van der Waals surface area contributed by atoms with Gasteiger partial charge in [0.25, 0.3) is 5.91 Å². The summed E-state index contributed by atoms with van der Waals surface area (Å²) in [6, 6.07) is 14.7. The standard InChI is InChI=1S/C23H25N5O/c1-15-13-22(28(3)27-15)23(29)24-12-4-5-17-6-8-18(9-7-17)19-10-11-21-20(16(19)2)14-25-26-21/h6-11,13-14H,4-5,12H2,1-3H3,(H,24,29)(H,25,26). The molecule has 0 fully saturated rings. The van der Waals surface area contributed by atoms with Gasteiger partial charge in [-0.15, -0.1) is 0 Å². The molecule has 1 amide bonds. The molecule has 2 aromatic carbocycles. The summed E-state index contributed by atoms with van der Waals surface area (Å²) in [4.78, 5) is 12.2. The van der Waals surface area contributed by atoms with Crippen LogP contribution in [-0.2, 0) is 13.5 Å².